The summed E-state index contributed by atoms with van der Waals surface area (Å²) in [6, 6.07) is 8.29. The molecule has 1 aromatic rings. The molecule has 3 amide bonds. The molecular formula is C15H19N3O4. The van der Waals surface area contributed by atoms with Crippen molar-refractivity contribution in [1.82, 2.24) is 10.6 Å². The van der Waals surface area contributed by atoms with E-state index in [2.05, 4.69) is 10.6 Å². The molecule has 0 unspecified atom stereocenters. The summed E-state index contributed by atoms with van der Waals surface area (Å²) in [4.78, 5) is 34.6. The molecule has 4 N–H and O–H groups in total. The fraction of sp³-hybridized carbons (Fsp3) is 0.400. The van der Waals surface area contributed by atoms with Gasteiger partial charge in [-0.25, -0.2) is 4.79 Å². The van der Waals surface area contributed by atoms with Crippen LogP contribution in [-0.4, -0.2) is 30.5 Å². The first-order valence-electron chi connectivity index (χ1n) is 7.14. The molecule has 7 heteroatoms. The molecule has 118 valence electrons. The Morgan fingerprint density at radius 3 is 2.50 bits per heavy atom. The fourth-order valence-electron chi connectivity index (χ4n) is 1.88. The van der Waals surface area contributed by atoms with Crippen molar-refractivity contribution < 1.29 is 19.1 Å². The number of carbonyl (C=O) groups is 3. The quantitative estimate of drug-likeness (QED) is 0.641. The standard InChI is InChI=1S/C15H19N3O4/c16-15(21)17-9-8-12(19)22-13(10-4-2-1-3-5-10)14(20)18-11-6-7-11/h1-5,11,13H,6-9H2,(H,18,20)(H3,16,17,21)/t13-/m0/s1. The highest BCUT2D eigenvalue weighted by atomic mass is 16.5. The smallest absolute Gasteiger partial charge is 0.312 e. The zero-order chi connectivity index (χ0) is 15.9. The number of nitrogens with two attached hydrogens (primary N) is 1. The van der Waals surface area contributed by atoms with Crippen molar-refractivity contribution in [2.75, 3.05) is 6.54 Å². The second kappa shape index (κ2) is 7.44. The second-order valence-corrected chi connectivity index (χ2v) is 5.10. The predicted molar refractivity (Wildman–Crippen MR) is 78.6 cm³/mol. The number of hydrogen-bond donors (Lipinski definition) is 3. The molecule has 7 nitrogen and oxygen atoms in total. The molecule has 2 rings (SSSR count). The van der Waals surface area contributed by atoms with E-state index in [0.717, 1.165) is 12.8 Å². The van der Waals surface area contributed by atoms with Gasteiger partial charge in [0.2, 0.25) is 6.10 Å². The van der Waals surface area contributed by atoms with Gasteiger partial charge in [-0.3, -0.25) is 9.59 Å². The lowest BCUT2D eigenvalue weighted by molar-refractivity contribution is -0.156. The van der Waals surface area contributed by atoms with E-state index >= 15 is 0 Å². The van der Waals surface area contributed by atoms with Gasteiger partial charge in [-0.15, -0.1) is 0 Å². The van der Waals surface area contributed by atoms with Crippen LogP contribution < -0.4 is 16.4 Å². The number of esters is 1. The number of ether oxygens (including phenoxy) is 1. The second-order valence-electron chi connectivity index (χ2n) is 5.10. The normalized spacial score (nSPS) is 14.7. The summed E-state index contributed by atoms with van der Waals surface area (Å²) in [5.41, 5.74) is 5.52. The summed E-state index contributed by atoms with van der Waals surface area (Å²) < 4.78 is 5.27. The van der Waals surface area contributed by atoms with Gasteiger partial charge in [0.15, 0.2) is 0 Å². The van der Waals surface area contributed by atoms with Gasteiger partial charge in [0, 0.05) is 18.2 Å². The topological polar surface area (TPSA) is 111 Å². The number of nitrogens with one attached hydrogen (secondary N) is 2. The first-order valence-corrected chi connectivity index (χ1v) is 7.14. The van der Waals surface area contributed by atoms with Crippen molar-refractivity contribution in [3.63, 3.8) is 0 Å². The van der Waals surface area contributed by atoms with E-state index in [-0.39, 0.29) is 24.9 Å². The summed E-state index contributed by atoms with van der Waals surface area (Å²) >= 11 is 0. The van der Waals surface area contributed by atoms with Crippen LogP contribution in [0.2, 0.25) is 0 Å². The van der Waals surface area contributed by atoms with Gasteiger partial charge in [-0.05, 0) is 12.8 Å². The highest BCUT2D eigenvalue weighted by Gasteiger charge is 2.30. The Morgan fingerprint density at radius 2 is 1.91 bits per heavy atom. The lowest BCUT2D eigenvalue weighted by Gasteiger charge is -2.18. The number of carbonyl (C=O) groups excluding carboxylic acids is 3. The molecular weight excluding hydrogens is 286 g/mol. The number of hydrogen-bond acceptors (Lipinski definition) is 4. The van der Waals surface area contributed by atoms with Crippen LogP contribution >= 0.6 is 0 Å². The van der Waals surface area contributed by atoms with Crippen LogP contribution in [0.3, 0.4) is 0 Å². The van der Waals surface area contributed by atoms with E-state index in [1.807, 2.05) is 6.07 Å². The van der Waals surface area contributed by atoms with Crippen LogP contribution in [0, 0.1) is 0 Å². The zero-order valence-electron chi connectivity index (χ0n) is 12.1. The van der Waals surface area contributed by atoms with E-state index in [4.69, 9.17) is 10.5 Å². The maximum absolute atomic E-state index is 12.2. The van der Waals surface area contributed by atoms with E-state index < -0.39 is 18.1 Å². The van der Waals surface area contributed by atoms with Gasteiger partial charge in [-0.1, -0.05) is 30.3 Å². The third kappa shape index (κ3) is 5.08. The van der Waals surface area contributed by atoms with E-state index in [9.17, 15) is 14.4 Å². The SMILES string of the molecule is NC(=O)NCCC(=O)O[C@H](C(=O)NC1CC1)c1ccccc1. The van der Waals surface area contributed by atoms with Gasteiger partial charge in [0.1, 0.15) is 0 Å². The lowest BCUT2D eigenvalue weighted by atomic mass is 10.1. The van der Waals surface area contributed by atoms with Crippen molar-refractivity contribution in [3.05, 3.63) is 35.9 Å². The number of benzene rings is 1. The Morgan fingerprint density at radius 1 is 1.23 bits per heavy atom. The largest absolute Gasteiger partial charge is 0.447 e. The minimum atomic E-state index is -0.983. The molecule has 22 heavy (non-hydrogen) atoms. The summed E-state index contributed by atoms with van der Waals surface area (Å²) in [6.45, 7) is 0.0694. The number of urea groups is 1. The molecule has 0 spiro atoms. The molecule has 1 aromatic carbocycles. The van der Waals surface area contributed by atoms with Crippen molar-refractivity contribution in [1.29, 1.82) is 0 Å². The molecule has 1 atom stereocenters. The lowest BCUT2D eigenvalue weighted by Crippen LogP contribution is -2.35. The van der Waals surface area contributed by atoms with Crippen molar-refractivity contribution in [3.8, 4) is 0 Å². The maximum atomic E-state index is 12.2. The minimum absolute atomic E-state index is 0.0526. The van der Waals surface area contributed by atoms with Gasteiger partial charge >= 0.3 is 12.0 Å². The first kappa shape index (κ1) is 15.8. The minimum Gasteiger partial charge on any atom is -0.447 e. The van der Waals surface area contributed by atoms with Crippen LogP contribution in [0.4, 0.5) is 4.79 Å². The maximum Gasteiger partial charge on any atom is 0.312 e. The molecule has 0 aromatic heterocycles. The van der Waals surface area contributed by atoms with Crippen LogP contribution in [0.5, 0.6) is 0 Å². The van der Waals surface area contributed by atoms with E-state index in [1.54, 1.807) is 24.3 Å². The van der Waals surface area contributed by atoms with Crippen molar-refractivity contribution in [2.45, 2.75) is 31.4 Å². The molecule has 1 aliphatic carbocycles. The molecule has 0 radical (unpaired) electrons. The highest BCUT2D eigenvalue weighted by Crippen LogP contribution is 2.23. The first-order chi connectivity index (χ1) is 10.6. The molecule has 0 saturated heterocycles. The third-order valence-corrected chi connectivity index (χ3v) is 3.14. The Hall–Kier alpha value is -2.57. The fourth-order valence-corrected chi connectivity index (χ4v) is 1.88. The molecule has 1 saturated carbocycles. The molecule has 1 aliphatic rings. The average Bonchev–Trinajstić information content (AvgIpc) is 3.29. The number of amides is 3. The van der Waals surface area contributed by atoms with Crippen LogP contribution in [0.25, 0.3) is 0 Å². The summed E-state index contributed by atoms with van der Waals surface area (Å²) in [5.74, 6) is -0.904. The Labute approximate surface area is 128 Å². The van der Waals surface area contributed by atoms with E-state index in [1.165, 1.54) is 0 Å². The zero-order valence-corrected chi connectivity index (χ0v) is 12.1. The molecule has 0 heterocycles. The van der Waals surface area contributed by atoms with Crippen molar-refractivity contribution in [2.24, 2.45) is 5.73 Å². The van der Waals surface area contributed by atoms with Crippen LogP contribution in [0.15, 0.2) is 30.3 Å². The Kier molecular flexibility index (Phi) is 5.35. The van der Waals surface area contributed by atoms with E-state index in [0.29, 0.717) is 5.56 Å². The Bertz CT molecular complexity index is 543. The van der Waals surface area contributed by atoms with Gasteiger partial charge in [0.25, 0.3) is 5.91 Å². The van der Waals surface area contributed by atoms with Crippen LogP contribution in [0.1, 0.15) is 30.9 Å². The van der Waals surface area contributed by atoms with Gasteiger partial charge < -0.3 is 21.1 Å². The average molecular weight is 305 g/mol. The summed E-state index contributed by atoms with van der Waals surface area (Å²) in [6.07, 6.45) is 0.860. The molecule has 0 bridgehead atoms. The molecule has 0 aliphatic heterocycles. The monoisotopic (exact) mass is 305 g/mol. The number of primary amides is 1. The summed E-state index contributed by atoms with van der Waals surface area (Å²) in [5, 5.41) is 5.12. The highest BCUT2D eigenvalue weighted by molar-refractivity contribution is 5.85. The third-order valence-electron chi connectivity index (χ3n) is 3.14. The predicted octanol–water partition coefficient (Wildman–Crippen LogP) is 0.608. The van der Waals surface area contributed by atoms with Gasteiger partial charge in [0.05, 0.1) is 6.42 Å². The van der Waals surface area contributed by atoms with Crippen LogP contribution in [-0.2, 0) is 14.3 Å². The molecule has 1 fully saturated rings. The van der Waals surface area contributed by atoms with Gasteiger partial charge in [-0.2, -0.15) is 0 Å². The van der Waals surface area contributed by atoms with Crippen molar-refractivity contribution >= 4 is 17.9 Å². The summed E-state index contributed by atoms with van der Waals surface area (Å²) in [7, 11) is 0. The number of rotatable bonds is 7. The Balaban J connectivity index is 1.96.